The number of rotatable bonds is 5. The van der Waals surface area contributed by atoms with Crippen molar-refractivity contribution in [2.24, 2.45) is 0 Å². The van der Waals surface area contributed by atoms with E-state index in [0.29, 0.717) is 31.0 Å². The van der Waals surface area contributed by atoms with Crippen molar-refractivity contribution in [2.45, 2.75) is 18.2 Å². The topological polar surface area (TPSA) is 46.6 Å². The summed E-state index contributed by atoms with van der Waals surface area (Å²) >= 11 is 0. The molecule has 1 aliphatic heterocycles. The molecule has 0 atom stereocenters. The molecule has 2 rings (SSSR count). The fraction of sp³-hybridized carbons (Fsp3) is 0.375. The molecule has 0 unspecified atom stereocenters. The molecule has 1 heterocycles. The first-order valence-corrected chi connectivity index (χ1v) is 8.32. The summed E-state index contributed by atoms with van der Waals surface area (Å²) in [5.41, 5.74) is 3.11. The third kappa shape index (κ3) is 3.43. The van der Waals surface area contributed by atoms with Crippen molar-refractivity contribution in [3.05, 3.63) is 53.6 Å². The third-order valence-corrected chi connectivity index (χ3v) is 5.55. The van der Waals surface area contributed by atoms with Crippen molar-refractivity contribution in [2.75, 3.05) is 26.8 Å². The first-order chi connectivity index (χ1) is 9.98. The van der Waals surface area contributed by atoms with Crippen LogP contribution in [0.4, 0.5) is 0 Å². The lowest BCUT2D eigenvalue weighted by molar-refractivity contribution is 0.218. The second-order valence-electron chi connectivity index (χ2n) is 5.17. The number of nitrogens with zero attached hydrogens (tertiary/aromatic N) is 1. The molecule has 1 aromatic carbocycles. The first-order valence-electron chi connectivity index (χ1n) is 6.88. The molecule has 5 heteroatoms. The highest BCUT2D eigenvalue weighted by atomic mass is 32.2. The van der Waals surface area contributed by atoms with E-state index in [1.165, 1.54) is 4.31 Å². The summed E-state index contributed by atoms with van der Waals surface area (Å²) in [5, 5.41) is 0. The molecule has 0 saturated heterocycles. The van der Waals surface area contributed by atoms with E-state index in [2.05, 4.69) is 6.58 Å². The van der Waals surface area contributed by atoms with Crippen LogP contribution in [0.1, 0.15) is 12.0 Å². The molecule has 21 heavy (non-hydrogen) atoms. The summed E-state index contributed by atoms with van der Waals surface area (Å²) in [5.74, 6) is 0. The second-order valence-corrected chi connectivity index (χ2v) is 7.11. The predicted octanol–water partition coefficient (Wildman–Crippen LogP) is 2.52. The van der Waals surface area contributed by atoms with Crippen LogP contribution in [0.25, 0.3) is 0 Å². The molecule has 0 fully saturated rings. The van der Waals surface area contributed by atoms with E-state index in [0.717, 1.165) is 16.7 Å². The number of benzene rings is 1. The highest BCUT2D eigenvalue weighted by Crippen LogP contribution is 2.25. The van der Waals surface area contributed by atoms with E-state index in [-0.39, 0.29) is 0 Å². The van der Waals surface area contributed by atoms with Crippen LogP contribution in [0, 0.1) is 6.92 Å². The first kappa shape index (κ1) is 15.9. The largest absolute Gasteiger partial charge is 0.380 e. The summed E-state index contributed by atoms with van der Waals surface area (Å²) in [6, 6.07) is 6.95. The molecule has 0 aliphatic carbocycles. The average Bonchev–Trinajstić information content (AvgIpc) is 2.48. The smallest absolute Gasteiger partial charge is 0.243 e. The molecule has 0 bridgehead atoms. The second kappa shape index (κ2) is 6.56. The van der Waals surface area contributed by atoms with Crippen LogP contribution in [-0.4, -0.2) is 39.5 Å². The minimum atomic E-state index is -3.45. The van der Waals surface area contributed by atoms with E-state index in [1.54, 1.807) is 25.3 Å². The van der Waals surface area contributed by atoms with Crippen molar-refractivity contribution in [3.63, 3.8) is 0 Å². The Labute approximate surface area is 126 Å². The van der Waals surface area contributed by atoms with E-state index in [9.17, 15) is 8.42 Å². The molecule has 4 nitrogen and oxygen atoms in total. The summed E-state index contributed by atoms with van der Waals surface area (Å²) in [6.45, 7) is 7.09. The van der Waals surface area contributed by atoms with E-state index in [4.69, 9.17) is 4.74 Å². The minimum absolute atomic E-state index is 0.340. The molecular weight excluding hydrogens is 286 g/mol. The number of hydrogen-bond donors (Lipinski definition) is 0. The standard InChI is InChI=1S/C16H21NO3S/c1-4-14-11-17(10-9-15(14)12-20-3)21(18,19)16-7-5-13(2)6-8-16/h4-8H,1,9-12H2,2-3H3. The molecule has 0 N–H and O–H groups in total. The minimum Gasteiger partial charge on any atom is -0.380 e. The fourth-order valence-electron chi connectivity index (χ4n) is 2.41. The van der Waals surface area contributed by atoms with Crippen molar-refractivity contribution >= 4 is 10.0 Å². The van der Waals surface area contributed by atoms with Crippen molar-refractivity contribution < 1.29 is 13.2 Å². The Morgan fingerprint density at radius 2 is 2.00 bits per heavy atom. The Kier molecular flexibility index (Phi) is 4.98. The highest BCUT2D eigenvalue weighted by Gasteiger charge is 2.28. The lowest BCUT2D eigenvalue weighted by atomic mass is 10.0. The number of sulfonamides is 1. The van der Waals surface area contributed by atoms with Gasteiger partial charge in [0, 0.05) is 20.2 Å². The molecule has 0 amide bonds. The van der Waals surface area contributed by atoms with Gasteiger partial charge in [-0.05, 0) is 36.6 Å². The van der Waals surface area contributed by atoms with E-state index in [1.807, 2.05) is 19.1 Å². The molecule has 1 aromatic rings. The van der Waals surface area contributed by atoms with Gasteiger partial charge in [0.2, 0.25) is 10.0 Å². The van der Waals surface area contributed by atoms with Gasteiger partial charge in [-0.1, -0.05) is 30.4 Å². The maximum absolute atomic E-state index is 12.7. The van der Waals surface area contributed by atoms with Gasteiger partial charge < -0.3 is 4.74 Å². The molecule has 0 radical (unpaired) electrons. The van der Waals surface area contributed by atoms with Crippen LogP contribution in [0.2, 0.25) is 0 Å². The lowest BCUT2D eigenvalue weighted by Gasteiger charge is -2.29. The lowest BCUT2D eigenvalue weighted by Crippen LogP contribution is -2.37. The SMILES string of the molecule is C=CC1=C(COC)CCN(S(=O)(=O)c2ccc(C)cc2)C1. The van der Waals surface area contributed by atoms with Gasteiger partial charge in [-0.15, -0.1) is 0 Å². The number of hydrogen-bond acceptors (Lipinski definition) is 3. The summed E-state index contributed by atoms with van der Waals surface area (Å²) in [6.07, 6.45) is 2.41. The number of aryl methyl sites for hydroxylation is 1. The Balaban J connectivity index is 2.27. The zero-order valence-electron chi connectivity index (χ0n) is 12.5. The summed E-state index contributed by atoms with van der Waals surface area (Å²) < 4.78 is 32.0. The molecule has 0 saturated carbocycles. The monoisotopic (exact) mass is 307 g/mol. The van der Waals surface area contributed by atoms with Crippen LogP contribution >= 0.6 is 0 Å². The summed E-state index contributed by atoms with van der Waals surface area (Å²) in [4.78, 5) is 0.340. The quantitative estimate of drug-likeness (QED) is 0.840. The van der Waals surface area contributed by atoms with Gasteiger partial charge in [-0.25, -0.2) is 8.42 Å². The Morgan fingerprint density at radius 3 is 2.57 bits per heavy atom. The van der Waals surface area contributed by atoms with Gasteiger partial charge in [0.15, 0.2) is 0 Å². The summed E-state index contributed by atoms with van der Waals surface area (Å²) in [7, 11) is -1.81. The zero-order valence-corrected chi connectivity index (χ0v) is 13.3. The Morgan fingerprint density at radius 1 is 1.33 bits per heavy atom. The molecule has 114 valence electrons. The Bertz CT molecular complexity index is 645. The average molecular weight is 307 g/mol. The van der Waals surface area contributed by atoms with Gasteiger partial charge in [-0.2, -0.15) is 4.31 Å². The van der Waals surface area contributed by atoms with Crippen LogP contribution in [0.5, 0.6) is 0 Å². The molecule has 1 aliphatic rings. The van der Waals surface area contributed by atoms with Crippen molar-refractivity contribution in [1.29, 1.82) is 0 Å². The maximum Gasteiger partial charge on any atom is 0.243 e. The predicted molar refractivity (Wildman–Crippen MR) is 83.7 cm³/mol. The van der Waals surface area contributed by atoms with Gasteiger partial charge >= 0.3 is 0 Å². The maximum atomic E-state index is 12.7. The fourth-order valence-corrected chi connectivity index (χ4v) is 3.83. The zero-order chi connectivity index (χ0) is 15.5. The van der Waals surface area contributed by atoms with Gasteiger partial charge in [0.05, 0.1) is 11.5 Å². The molecule has 0 spiro atoms. The van der Waals surface area contributed by atoms with Crippen LogP contribution in [-0.2, 0) is 14.8 Å². The van der Waals surface area contributed by atoms with Gasteiger partial charge in [0.1, 0.15) is 0 Å². The van der Waals surface area contributed by atoms with E-state index >= 15 is 0 Å². The number of methoxy groups -OCH3 is 1. The van der Waals surface area contributed by atoms with Crippen LogP contribution in [0.3, 0.4) is 0 Å². The van der Waals surface area contributed by atoms with Crippen molar-refractivity contribution in [1.82, 2.24) is 4.31 Å². The Hall–Kier alpha value is -1.43. The molecule has 0 aromatic heterocycles. The van der Waals surface area contributed by atoms with Crippen LogP contribution < -0.4 is 0 Å². The third-order valence-electron chi connectivity index (χ3n) is 3.69. The highest BCUT2D eigenvalue weighted by molar-refractivity contribution is 7.89. The van der Waals surface area contributed by atoms with Crippen LogP contribution in [0.15, 0.2) is 53.0 Å². The molecular formula is C16H21NO3S. The number of ether oxygens (including phenoxy) is 1. The normalized spacial score (nSPS) is 17.0. The van der Waals surface area contributed by atoms with Gasteiger partial charge in [-0.3, -0.25) is 0 Å². The van der Waals surface area contributed by atoms with Gasteiger partial charge in [0.25, 0.3) is 0 Å². The van der Waals surface area contributed by atoms with Crippen molar-refractivity contribution in [3.8, 4) is 0 Å². The van der Waals surface area contributed by atoms with E-state index < -0.39 is 10.0 Å².